The van der Waals surface area contributed by atoms with E-state index < -0.39 is 0 Å². The number of benzene rings is 4. The fraction of sp³-hybridized carbons (Fsp3) is 0.167. The van der Waals surface area contributed by atoms with Gasteiger partial charge in [0.25, 0.3) is 5.56 Å². The molecule has 0 bridgehead atoms. The molecule has 5 aromatic rings. The standard InChI is InChI=1S/C36H29ClN2O4S/c1-41-27-15-10-25(11-16-27)34-29-17-12-24-5-3-4-6-28(24)33(29)38-36-39(34)35(40)32(44-36)20-23-9-18-30(31(19-23)42-2)43-21-22-7-13-26(37)14-8-22/h3-11,13-16,18-20,34H,12,17,21H2,1-2H3/b32-20-/t34-/m1/s1. The molecule has 6 nitrogen and oxygen atoms in total. The molecule has 220 valence electrons. The number of halogens is 1. The van der Waals surface area contributed by atoms with E-state index in [9.17, 15) is 4.79 Å². The van der Waals surface area contributed by atoms with Gasteiger partial charge in [0.2, 0.25) is 0 Å². The highest BCUT2D eigenvalue weighted by atomic mass is 35.5. The number of fused-ring (bicyclic) bond motifs is 3. The molecule has 0 spiro atoms. The lowest BCUT2D eigenvalue weighted by Gasteiger charge is -2.30. The third-order valence-electron chi connectivity index (χ3n) is 8.10. The fourth-order valence-corrected chi connectivity index (χ4v) is 7.02. The number of hydrogen-bond acceptors (Lipinski definition) is 6. The number of aromatic nitrogens is 1. The summed E-state index contributed by atoms with van der Waals surface area (Å²) in [6.45, 7) is 0.380. The topological polar surface area (TPSA) is 62.0 Å². The first-order valence-electron chi connectivity index (χ1n) is 14.3. The Morgan fingerprint density at radius 3 is 2.50 bits per heavy atom. The normalized spacial score (nSPS) is 15.6. The first kappa shape index (κ1) is 28.2. The molecule has 0 amide bonds. The molecule has 44 heavy (non-hydrogen) atoms. The van der Waals surface area contributed by atoms with Crippen LogP contribution in [0.15, 0.2) is 106 Å². The molecule has 1 aliphatic heterocycles. The van der Waals surface area contributed by atoms with Gasteiger partial charge in [-0.1, -0.05) is 77.5 Å². The Kier molecular flexibility index (Phi) is 7.58. The molecule has 1 atom stereocenters. The first-order valence-corrected chi connectivity index (χ1v) is 15.5. The molecule has 8 heteroatoms. The maximum atomic E-state index is 14.1. The van der Waals surface area contributed by atoms with E-state index >= 15 is 0 Å². The molecule has 2 aliphatic rings. The Morgan fingerprint density at radius 1 is 0.932 bits per heavy atom. The predicted octanol–water partition coefficient (Wildman–Crippen LogP) is 6.57. The van der Waals surface area contributed by atoms with Crippen molar-refractivity contribution in [3.05, 3.63) is 149 Å². The number of allylic oxidation sites excluding steroid dienone is 1. The fourth-order valence-electron chi connectivity index (χ4n) is 5.89. The Bertz CT molecular complexity index is 2080. The minimum Gasteiger partial charge on any atom is -0.497 e. The van der Waals surface area contributed by atoms with Gasteiger partial charge in [-0.25, -0.2) is 4.99 Å². The molecule has 1 aliphatic carbocycles. The summed E-state index contributed by atoms with van der Waals surface area (Å²) < 4.78 is 19.6. The van der Waals surface area contributed by atoms with Gasteiger partial charge in [-0.3, -0.25) is 9.36 Å². The third kappa shape index (κ3) is 5.23. The average Bonchev–Trinajstić information content (AvgIpc) is 3.37. The highest BCUT2D eigenvalue weighted by Crippen LogP contribution is 2.41. The van der Waals surface area contributed by atoms with Gasteiger partial charge in [-0.05, 0) is 83.1 Å². The zero-order valence-electron chi connectivity index (χ0n) is 24.2. The molecule has 1 aromatic heterocycles. The Labute approximate surface area is 263 Å². The summed E-state index contributed by atoms with van der Waals surface area (Å²) in [5, 5.41) is 0.682. The maximum Gasteiger partial charge on any atom is 0.271 e. The average molecular weight is 621 g/mol. The number of rotatable bonds is 7. The molecule has 4 aromatic carbocycles. The Balaban J connectivity index is 1.30. The van der Waals surface area contributed by atoms with Crippen LogP contribution in [-0.4, -0.2) is 18.8 Å². The van der Waals surface area contributed by atoms with Crippen molar-refractivity contribution in [2.75, 3.05) is 14.2 Å². The number of aryl methyl sites for hydroxylation is 1. The van der Waals surface area contributed by atoms with Gasteiger partial charge in [0.05, 0.1) is 30.5 Å². The smallest absolute Gasteiger partial charge is 0.271 e. The van der Waals surface area contributed by atoms with Gasteiger partial charge >= 0.3 is 0 Å². The summed E-state index contributed by atoms with van der Waals surface area (Å²) in [5.41, 5.74) is 7.36. The van der Waals surface area contributed by atoms with Crippen LogP contribution in [0, 0.1) is 0 Å². The molecule has 2 heterocycles. The maximum absolute atomic E-state index is 14.1. The summed E-state index contributed by atoms with van der Waals surface area (Å²) in [4.78, 5) is 19.9. The van der Waals surface area contributed by atoms with Crippen LogP contribution >= 0.6 is 22.9 Å². The van der Waals surface area contributed by atoms with Gasteiger partial charge in [-0.15, -0.1) is 0 Å². The second-order valence-electron chi connectivity index (χ2n) is 10.7. The zero-order valence-corrected chi connectivity index (χ0v) is 25.8. The summed E-state index contributed by atoms with van der Waals surface area (Å²) in [6, 6.07) is 29.4. The van der Waals surface area contributed by atoms with E-state index in [-0.39, 0.29) is 11.6 Å². The van der Waals surface area contributed by atoms with Crippen molar-refractivity contribution in [2.24, 2.45) is 4.99 Å². The van der Waals surface area contributed by atoms with Crippen LogP contribution in [0.4, 0.5) is 0 Å². The van der Waals surface area contributed by atoms with E-state index in [1.165, 1.54) is 16.9 Å². The van der Waals surface area contributed by atoms with Crippen LogP contribution in [0.3, 0.4) is 0 Å². The van der Waals surface area contributed by atoms with Crippen LogP contribution in [0.25, 0.3) is 11.8 Å². The summed E-state index contributed by atoms with van der Waals surface area (Å²) in [7, 11) is 3.27. The first-order chi connectivity index (χ1) is 21.5. The van der Waals surface area contributed by atoms with Crippen molar-refractivity contribution in [3.8, 4) is 17.2 Å². The lowest BCUT2D eigenvalue weighted by Crippen LogP contribution is -2.38. The van der Waals surface area contributed by atoms with E-state index in [2.05, 4.69) is 24.3 Å². The van der Waals surface area contributed by atoms with E-state index in [0.29, 0.717) is 32.5 Å². The van der Waals surface area contributed by atoms with Gasteiger partial charge in [0.15, 0.2) is 16.3 Å². The molecule has 0 radical (unpaired) electrons. The third-order valence-corrected chi connectivity index (χ3v) is 9.33. The Morgan fingerprint density at radius 2 is 1.73 bits per heavy atom. The monoisotopic (exact) mass is 620 g/mol. The van der Waals surface area contributed by atoms with Gasteiger partial charge < -0.3 is 14.2 Å². The van der Waals surface area contributed by atoms with Crippen molar-refractivity contribution >= 4 is 34.7 Å². The summed E-state index contributed by atoms with van der Waals surface area (Å²) >= 11 is 7.41. The van der Waals surface area contributed by atoms with Crippen molar-refractivity contribution in [3.63, 3.8) is 0 Å². The molecule has 0 fully saturated rings. The Hall–Kier alpha value is -4.59. The van der Waals surface area contributed by atoms with Gasteiger partial charge in [-0.2, -0.15) is 0 Å². The second-order valence-corrected chi connectivity index (χ2v) is 12.2. The van der Waals surface area contributed by atoms with Crippen LogP contribution in [0.5, 0.6) is 17.2 Å². The molecule has 7 rings (SSSR count). The van der Waals surface area contributed by atoms with Crippen molar-refractivity contribution in [2.45, 2.75) is 25.5 Å². The van der Waals surface area contributed by atoms with Gasteiger partial charge in [0.1, 0.15) is 12.4 Å². The highest BCUT2D eigenvalue weighted by Gasteiger charge is 2.32. The number of thiazole rings is 1. The molecular formula is C36H29ClN2O4S. The number of nitrogens with zero attached hydrogens (tertiary/aromatic N) is 2. The summed E-state index contributed by atoms with van der Waals surface area (Å²) in [6.07, 6.45) is 3.65. The van der Waals surface area contributed by atoms with Crippen molar-refractivity contribution < 1.29 is 14.2 Å². The lowest BCUT2D eigenvalue weighted by molar-refractivity contribution is 0.284. The second kappa shape index (κ2) is 11.8. The predicted molar refractivity (Wildman–Crippen MR) is 175 cm³/mol. The van der Waals surface area contributed by atoms with E-state index in [1.54, 1.807) is 14.2 Å². The van der Waals surface area contributed by atoms with Crippen LogP contribution in [0.1, 0.15) is 40.3 Å². The minimum absolute atomic E-state index is 0.0676. The lowest BCUT2D eigenvalue weighted by atomic mass is 9.83. The largest absolute Gasteiger partial charge is 0.497 e. The molecule has 0 N–H and O–H groups in total. The molecular weight excluding hydrogens is 592 g/mol. The summed E-state index contributed by atoms with van der Waals surface area (Å²) in [5.74, 6) is 1.98. The number of methoxy groups -OCH3 is 2. The highest BCUT2D eigenvalue weighted by molar-refractivity contribution is 7.07. The van der Waals surface area contributed by atoms with Crippen LogP contribution in [0.2, 0.25) is 5.02 Å². The van der Waals surface area contributed by atoms with Crippen molar-refractivity contribution in [1.82, 2.24) is 4.57 Å². The number of hydrogen-bond donors (Lipinski definition) is 0. The zero-order chi connectivity index (χ0) is 30.2. The van der Waals surface area contributed by atoms with Gasteiger partial charge in [0, 0.05) is 10.6 Å². The van der Waals surface area contributed by atoms with Crippen LogP contribution < -0.4 is 29.1 Å². The van der Waals surface area contributed by atoms with Crippen molar-refractivity contribution in [1.29, 1.82) is 0 Å². The van der Waals surface area contributed by atoms with E-state index in [4.69, 9.17) is 30.8 Å². The minimum atomic E-state index is -0.249. The van der Waals surface area contributed by atoms with E-state index in [1.807, 2.05) is 77.4 Å². The molecule has 0 saturated carbocycles. The quantitative estimate of drug-likeness (QED) is 0.207. The number of ether oxygens (including phenoxy) is 3. The van der Waals surface area contributed by atoms with E-state index in [0.717, 1.165) is 52.1 Å². The SMILES string of the molecule is COc1ccc([C@@H]2C3=C(N=c4s/c(=C\c5ccc(OCc6ccc(Cl)cc6)c(OC)c5)c(=O)n42)c2ccccc2CC3)cc1. The molecule has 0 saturated heterocycles. The van der Waals surface area contributed by atoms with Crippen LogP contribution in [-0.2, 0) is 13.0 Å². The molecule has 0 unspecified atom stereocenters.